The summed E-state index contributed by atoms with van der Waals surface area (Å²) < 4.78 is 0. The first-order valence-electron chi connectivity index (χ1n) is 9.14. The normalized spacial score (nSPS) is 19.3. The van der Waals surface area contributed by atoms with Crippen molar-refractivity contribution >= 4 is 29.0 Å². The SMILES string of the molecule is CCCCN1C(=O)C(c2ccc(Cl)cc2)=C(N2CCC(C)CC2)C1=O. The fourth-order valence-corrected chi connectivity index (χ4v) is 3.61. The second-order valence-corrected chi connectivity index (χ2v) is 7.45. The number of unbranched alkanes of at least 4 members (excludes halogenated alkanes) is 1. The summed E-state index contributed by atoms with van der Waals surface area (Å²) in [6, 6.07) is 7.20. The van der Waals surface area contributed by atoms with Crippen molar-refractivity contribution in [2.45, 2.75) is 39.5 Å². The van der Waals surface area contributed by atoms with E-state index in [1.54, 1.807) is 12.1 Å². The van der Waals surface area contributed by atoms with Crippen molar-refractivity contribution in [1.82, 2.24) is 9.80 Å². The molecule has 4 nitrogen and oxygen atoms in total. The van der Waals surface area contributed by atoms with Gasteiger partial charge in [-0.1, -0.05) is 44.0 Å². The van der Waals surface area contributed by atoms with Gasteiger partial charge >= 0.3 is 0 Å². The Bertz CT molecular complexity index is 688. The number of benzene rings is 1. The highest BCUT2D eigenvalue weighted by atomic mass is 35.5. The van der Waals surface area contributed by atoms with Gasteiger partial charge in [0.2, 0.25) is 0 Å². The number of piperidine rings is 1. The van der Waals surface area contributed by atoms with E-state index >= 15 is 0 Å². The maximum atomic E-state index is 13.0. The van der Waals surface area contributed by atoms with Crippen LogP contribution in [0.3, 0.4) is 0 Å². The van der Waals surface area contributed by atoms with Crippen molar-refractivity contribution < 1.29 is 9.59 Å². The molecule has 1 aromatic rings. The molecule has 5 heteroatoms. The van der Waals surface area contributed by atoms with Crippen molar-refractivity contribution in [2.24, 2.45) is 5.92 Å². The smallest absolute Gasteiger partial charge is 0.277 e. The van der Waals surface area contributed by atoms with Gasteiger partial charge in [-0.25, -0.2) is 0 Å². The first-order chi connectivity index (χ1) is 12.0. The Morgan fingerprint density at radius 1 is 1.08 bits per heavy atom. The molecule has 0 spiro atoms. The van der Waals surface area contributed by atoms with Gasteiger partial charge in [0, 0.05) is 24.7 Å². The third-order valence-electron chi connectivity index (χ3n) is 5.11. The van der Waals surface area contributed by atoms with Crippen LogP contribution in [0.25, 0.3) is 5.57 Å². The molecule has 3 rings (SSSR count). The molecule has 0 unspecified atom stereocenters. The molecular formula is C20H25ClN2O2. The Labute approximate surface area is 154 Å². The van der Waals surface area contributed by atoms with E-state index in [0.717, 1.165) is 44.3 Å². The maximum Gasteiger partial charge on any atom is 0.277 e. The van der Waals surface area contributed by atoms with Crippen molar-refractivity contribution in [3.8, 4) is 0 Å². The predicted octanol–water partition coefficient (Wildman–Crippen LogP) is 3.95. The van der Waals surface area contributed by atoms with Crippen molar-refractivity contribution in [1.29, 1.82) is 0 Å². The summed E-state index contributed by atoms with van der Waals surface area (Å²) in [6.07, 6.45) is 3.88. The van der Waals surface area contributed by atoms with Gasteiger partial charge in [0.05, 0.1) is 5.57 Å². The van der Waals surface area contributed by atoms with Crippen LogP contribution in [0.1, 0.15) is 45.1 Å². The highest BCUT2D eigenvalue weighted by Gasteiger charge is 2.41. The van der Waals surface area contributed by atoms with Gasteiger partial charge in [0.15, 0.2) is 0 Å². The first-order valence-corrected chi connectivity index (χ1v) is 9.52. The van der Waals surface area contributed by atoms with Gasteiger partial charge in [0.25, 0.3) is 11.8 Å². The molecule has 25 heavy (non-hydrogen) atoms. The van der Waals surface area contributed by atoms with E-state index in [1.807, 2.05) is 12.1 Å². The molecule has 2 aliphatic heterocycles. The number of nitrogens with zero attached hydrogens (tertiary/aromatic N) is 2. The molecule has 0 aliphatic carbocycles. The van der Waals surface area contributed by atoms with E-state index in [1.165, 1.54) is 4.90 Å². The minimum atomic E-state index is -0.172. The third-order valence-corrected chi connectivity index (χ3v) is 5.36. The number of rotatable bonds is 5. The van der Waals surface area contributed by atoms with Crippen molar-refractivity contribution in [3.05, 3.63) is 40.5 Å². The molecule has 0 atom stereocenters. The Balaban J connectivity index is 1.99. The van der Waals surface area contributed by atoms with Crippen LogP contribution in [0.4, 0.5) is 0 Å². The molecule has 0 N–H and O–H groups in total. The molecule has 2 amide bonds. The number of likely N-dealkylation sites (tertiary alicyclic amines) is 1. The minimum Gasteiger partial charge on any atom is -0.366 e. The van der Waals surface area contributed by atoms with Gasteiger partial charge in [0.1, 0.15) is 5.70 Å². The number of imide groups is 1. The first kappa shape index (κ1) is 18.0. The van der Waals surface area contributed by atoms with Crippen LogP contribution in [-0.4, -0.2) is 41.2 Å². The number of carbonyl (C=O) groups excluding carboxylic acids is 2. The van der Waals surface area contributed by atoms with Crippen LogP contribution in [0, 0.1) is 5.92 Å². The summed E-state index contributed by atoms with van der Waals surface area (Å²) in [7, 11) is 0. The molecular weight excluding hydrogens is 336 g/mol. The predicted molar refractivity (Wildman–Crippen MR) is 100.0 cm³/mol. The lowest BCUT2D eigenvalue weighted by molar-refractivity contribution is -0.137. The van der Waals surface area contributed by atoms with E-state index in [4.69, 9.17) is 11.6 Å². The maximum absolute atomic E-state index is 13.0. The Hall–Kier alpha value is -1.81. The van der Waals surface area contributed by atoms with E-state index in [-0.39, 0.29) is 11.8 Å². The second kappa shape index (κ2) is 7.61. The molecule has 0 radical (unpaired) electrons. The number of halogens is 1. The van der Waals surface area contributed by atoms with E-state index < -0.39 is 0 Å². The fourth-order valence-electron chi connectivity index (χ4n) is 3.48. The fraction of sp³-hybridized carbons (Fsp3) is 0.500. The Morgan fingerprint density at radius 2 is 1.72 bits per heavy atom. The number of hydrogen-bond donors (Lipinski definition) is 0. The van der Waals surface area contributed by atoms with E-state index in [2.05, 4.69) is 18.7 Å². The topological polar surface area (TPSA) is 40.6 Å². The van der Waals surface area contributed by atoms with Gasteiger partial charge in [-0.3, -0.25) is 14.5 Å². The van der Waals surface area contributed by atoms with Crippen LogP contribution in [0.15, 0.2) is 30.0 Å². The molecule has 0 saturated carbocycles. The third kappa shape index (κ3) is 3.59. The summed E-state index contributed by atoms with van der Waals surface area (Å²) >= 11 is 5.99. The zero-order valence-corrected chi connectivity index (χ0v) is 15.7. The summed E-state index contributed by atoms with van der Waals surface area (Å²) in [5.41, 5.74) is 1.89. The van der Waals surface area contributed by atoms with Crippen LogP contribution >= 0.6 is 11.6 Å². The molecule has 2 aliphatic rings. The lowest BCUT2D eigenvalue weighted by atomic mass is 9.97. The second-order valence-electron chi connectivity index (χ2n) is 7.02. The Kier molecular flexibility index (Phi) is 5.48. The molecule has 2 heterocycles. The molecule has 134 valence electrons. The van der Waals surface area contributed by atoms with Gasteiger partial charge in [-0.05, 0) is 42.9 Å². The Morgan fingerprint density at radius 3 is 2.32 bits per heavy atom. The van der Waals surface area contributed by atoms with Gasteiger partial charge in [-0.15, -0.1) is 0 Å². The summed E-state index contributed by atoms with van der Waals surface area (Å²) in [5, 5.41) is 0.623. The summed E-state index contributed by atoms with van der Waals surface area (Å²) in [6.45, 7) is 6.44. The number of amides is 2. The van der Waals surface area contributed by atoms with Crippen LogP contribution in [0.5, 0.6) is 0 Å². The average molecular weight is 361 g/mol. The standard InChI is InChI=1S/C20H25ClN2O2/c1-3-4-11-23-19(24)17(15-5-7-16(21)8-6-15)18(20(23)25)22-12-9-14(2)10-13-22/h5-8,14H,3-4,9-13H2,1-2H3. The summed E-state index contributed by atoms with van der Waals surface area (Å²) in [5.74, 6) is 0.353. The zero-order chi connectivity index (χ0) is 18.0. The lowest BCUT2D eigenvalue weighted by Crippen LogP contribution is -2.38. The van der Waals surface area contributed by atoms with Crippen LogP contribution in [-0.2, 0) is 9.59 Å². The molecule has 0 aromatic heterocycles. The van der Waals surface area contributed by atoms with E-state index in [0.29, 0.717) is 28.8 Å². The molecule has 0 bridgehead atoms. The van der Waals surface area contributed by atoms with Crippen molar-refractivity contribution in [3.63, 3.8) is 0 Å². The van der Waals surface area contributed by atoms with Gasteiger partial charge < -0.3 is 4.90 Å². The largest absolute Gasteiger partial charge is 0.366 e. The number of hydrogen-bond acceptors (Lipinski definition) is 3. The number of carbonyl (C=O) groups is 2. The quantitative estimate of drug-likeness (QED) is 0.746. The summed E-state index contributed by atoms with van der Waals surface area (Å²) in [4.78, 5) is 29.6. The monoisotopic (exact) mass is 360 g/mol. The van der Waals surface area contributed by atoms with Crippen molar-refractivity contribution in [2.75, 3.05) is 19.6 Å². The van der Waals surface area contributed by atoms with Crippen LogP contribution in [0.2, 0.25) is 5.02 Å². The highest BCUT2D eigenvalue weighted by Crippen LogP contribution is 2.34. The minimum absolute atomic E-state index is 0.141. The lowest BCUT2D eigenvalue weighted by Gasteiger charge is -2.32. The molecule has 1 aromatic carbocycles. The molecule has 1 fully saturated rings. The zero-order valence-electron chi connectivity index (χ0n) is 14.9. The highest BCUT2D eigenvalue weighted by molar-refractivity contribution is 6.36. The van der Waals surface area contributed by atoms with Gasteiger partial charge in [-0.2, -0.15) is 0 Å². The average Bonchev–Trinajstić information content (AvgIpc) is 2.85. The van der Waals surface area contributed by atoms with E-state index in [9.17, 15) is 9.59 Å². The van der Waals surface area contributed by atoms with Crippen LogP contribution < -0.4 is 0 Å². The molecule has 1 saturated heterocycles.